The third-order valence-corrected chi connectivity index (χ3v) is 3.16. The summed E-state index contributed by atoms with van der Waals surface area (Å²) in [6.07, 6.45) is 1.94. The Kier molecular flexibility index (Phi) is 4.08. The average Bonchev–Trinajstić information content (AvgIpc) is 2.15. The molecule has 1 aliphatic heterocycles. The van der Waals surface area contributed by atoms with Crippen LogP contribution in [0, 0.1) is 5.92 Å². The lowest BCUT2D eigenvalue weighted by atomic mass is 10.1. The van der Waals surface area contributed by atoms with Gasteiger partial charge in [0.1, 0.15) is 6.54 Å². The van der Waals surface area contributed by atoms with Gasteiger partial charge in [-0.3, -0.25) is 9.59 Å². The number of aliphatic carboxylic acids is 1. The van der Waals surface area contributed by atoms with Gasteiger partial charge in [-0.15, -0.1) is 0 Å². The molecule has 1 amide bonds. The summed E-state index contributed by atoms with van der Waals surface area (Å²) in [5.74, 6) is 0.846. The highest BCUT2D eigenvalue weighted by molar-refractivity contribution is 7.99. The minimum atomic E-state index is -0.989. The van der Waals surface area contributed by atoms with Gasteiger partial charge in [0.05, 0.1) is 0 Å². The van der Waals surface area contributed by atoms with Gasteiger partial charge >= 0.3 is 5.97 Å². The molecule has 0 aromatic rings. The molecule has 1 atom stereocenters. The Morgan fingerprint density at radius 2 is 2.31 bits per heavy atom. The largest absolute Gasteiger partial charge is 0.480 e. The Hall–Kier alpha value is -0.710. The molecule has 0 spiro atoms. The first-order valence-electron chi connectivity index (χ1n) is 4.27. The number of carbonyl (C=O) groups excluding carboxylic acids is 1. The van der Waals surface area contributed by atoms with E-state index in [0.717, 1.165) is 24.3 Å². The molecule has 1 unspecified atom stereocenters. The monoisotopic (exact) mass is 203 g/mol. The maximum Gasteiger partial charge on any atom is 0.322 e. The fourth-order valence-corrected chi connectivity index (χ4v) is 2.39. The van der Waals surface area contributed by atoms with E-state index in [0.29, 0.717) is 0 Å². The minimum Gasteiger partial charge on any atom is -0.480 e. The van der Waals surface area contributed by atoms with E-state index in [4.69, 9.17) is 5.11 Å². The van der Waals surface area contributed by atoms with Crippen LogP contribution >= 0.6 is 11.8 Å². The molecule has 0 aromatic heterocycles. The summed E-state index contributed by atoms with van der Waals surface area (Å²) in [6, 6.07) is 0. The molecule has 0 aliphatic carbocycles. The number of amides is 1. The van der Waals surface area contributed by atoms with E-state index >= 15 is 0 Å². The van der Waals surface area contributed by atoms with Crippen LogP contribution in [0.1, 0.15) is 12.8 Å². The number of hydrogen-bond donors (Lipinski definition) is 2. The standard InChI is InChI=1S/C8H13NO3S/c10-7(11)4-9-8(12)6-2-1-3-13-5-6/h6H,1-5H2,(H,9,12)(H,10,11). The van der Waals surface area contributed by atoms with Crippen LogP contribution in [0.2, 0.25) is 0 Å². The zero-order chi connectivity index (χ0) is 9.68. The number of hydrogen-bond acceptors (Lipinski definition) is 3. The highest BCUT2D eigenvalue weighted by atomic mass is 32.2. The number of carbonyl (C=O) groups is 2. The molecule has 0 bridgehead atoms. The molecular formula is C8H13NO3S. The van der Waals surface area contributed by atoms with Crippen molar-refractivity contribution in [3.63, 3.8) is 0 Å². The van der Waals surface area contributed by atoms with Crippen molar-refractivity contribution in [3.05, 3.63) is 0 Å². The second kappa shape index (κ2) is 5.11. The van der Waals surface area contributed by atoms with Crippen LogP contribution in [-0.4, -0.2) is 35.0 Å². The molecule has 13 heavy (non-hydrogen) atoms. The molecule has 0 saturated carbocycles. The number of carboxylic acids is 1. The van der Waals surface area contributed by atoms with Crippen LogP contribution in [0.25, 0.3) is 0 Å². The number of nitrogens with one attached hydrogen (secondary N) is 1. The molecule has 0 aromatic carbocycles. The summed E-state index contributed by atoms with van der Waals surface area (Å²) >= 11 is 1.76. The SMILES string of the molecule is O=C(O)CNC(=O)C1CCCSC1. The Balaban J connectivity index is 2.25. The lowest BCUT2D eigenvalue weighted by Gasteiger charge is -2.19. The number of rotatable bonds is 3. The molecule has 1 rings (SSSR count). The lowest BCUT2D eigenvalue weighted by molar-refractivity contribution is -0.138. The van der Waals surface area contributed by atoms with Crippen molar-refractivity contribution >= 4 is 23.6 Å². The van der Waals surface area contributed by atoms with Crippen LogP contribution in [0.4, 0.5) is 0 Å². The van der Waals surface area contributed by atoms with Gasteiger partial charge in [0.25, 0.3) is 0 Å². The summed E-state index contributed by atoms with van der Waals surface area (Å²) in [4.78, 5) is 21.5. The van der Waals surface area contributed by atoms with Gasteiger partial charge in [0.15, 0.2) is 0 Å². The minimum absolute atomic E-state index is 0.0121. The zero-order valence-corrected chi connectivity index (χ0v) is 8.10. The fourth-order valence-electron chi connectivity index (χ4n) is 1.25. The van der Waals surface area contributed by atoms with Crippen molar-refractivity contribution < 1.29 is 14.7 Å². The molecule has 5 heteroatoms. The van der Waals surface area contributed by atoms with Crippen molar-refractivity contribution in [2.24, 2.45) is 5.92 Å². The van der Waals surface area contributed by atoms with E-state index in [1.54, 1.807) is 11.8 Å². The van der Waals surface area contributed by atoms with Gasteiger partial charge in [-0.25, -0.2) is 0 Å². The molecule has 74 valence electrons. The van der Waals surface area contributed by atoms with Crippen molar-refractivity contribution in [2.45, 2.75) is 12.8 Å². The molecule has 1 fully saturated rings. The topological polar surface area (TPSA) is 66.4 Å². The van der Waals surface area contributed by atoms with Crippen LogP contribution in [0.3, 0.4) is 0 Å². The lowest BCUT2D eigenvalue weighted by Crippen LogP contribution is -2.36. The van der Waals surface area contributed by atoms with Crippen molar-refractivity contribution in [2.75, 3.05) is 18.1 Å². The van der Waals surface area contributed by atoms with E-state index in [2.05, 4.69) is 5.32 Å². The van der Waals surface area contributed by atoms with E-state index in [9.17, 15) is 9.59 Å². The van der Waals surface area contributed by atoms with Crippen LogP contribution in [0.5, 0.6) is 0 Å². The third kappa shape index (κ3) is 3.67. The fraction of sp³-hybridized carbons (Fsp3) is 0.750. The highest BCUT2D eigenvalue weighted by Gasteiger charge is 2.21. The molecule has 1 heterocycles. The van der Waals surface area contributed by atoms with Gasteiger partial charge in [-0.2, -0.15) is 11.8 Å². The quantitative estimate of drug-likeness (QED) is 0.693. The van der Waals surface area contributed by atoms with Gasteiger partial charge in [0, 0.05) is 11.7 Å². The smallest absolute Gasteiger partial charge is 0.322 e. The first-order chi connectivity index (χ1) is 6.20. The molecule has 0 radical (unpaired) electrons. The number of thioether (sulfide) groups is 1. The zero-order valence-electron chi connectivity index (χ0n) is 7.28. The van der Waals surface area contributed by atoms with E-state index < -0.39 is 5.97 Å². The molecule has 1 aliphatic rings. The van der Waals surface area contributed by atoms with Crippen LogP contribution in [-0.2, 0) is 9.59 Å². The van der Waals surface area contributed by atoms with E-state index in [1.165, 1.54) is 0 Å². The van der Waals surface area contributed by atoms with Gasteiger partial charge < -0.3 is 10.4 Å². The Morgan fingerprint density at radius 1 is 1.54 bits per heavy atom. The van der Waals surface area contributed by atoms with Crippen LogP contribution < -0.4 is 5.32 Å². The van der Waals surface area contributed by atoms with Crippen LogP contribution in [0.15, 0.2) is 0 Å². The highest BCUT2D eigenvalue weighted by Crippen LogP contribution is 2.22. The van der Waals surface area contributed by atoms with E-state index in [-0.39, 0.29) is 18.4 Å². The van der Waals surface area contributed by atoms with E-state index in [1.807, 2.05) is 0 Å². The van der Waals surface area contributed by atoms with Gasteiger partial charge in [-0.05, 0) is 18.6 Å². The first-order valence-corrected chi connectivity index (χ1v) is 5.43. The molecule has 1 saturated heterocycles. The summed E-state index contributed by atoms with van der Waals surface area (Å²) in [5.41, 5.74) is 0. The average molecular weight is 203 g/mol. The summed E-state index contributed by atoms with van der Waals surface area (Å²) in [5, 5.41) is 10.7. The molecular weight excluding hydrogens is 190 g/mol. The van der Waals surface area contributed by atoms with Gasteiger partial charge in [0.2, 0.25) is 5.91 Å². The van der Waals surface area contributed by atoms with Crippen molar-refractivity contribution in [3.8, 4) is 0 Å². The van der Waals surface area contributed by atoms with Crippen molar-refractivity contribution in [1.29, 1.82) is 0 Å². The normalized spacial score (nSPS) is 22.3. The van der Waals surface area contributed by atoms with Gasteiger partial charge in [-0.1, -0.05) is 0 Å². The maximum absolute atomic E-state index is 11.3. The Bertz CT molecular complexity index is 202. The second-order valence-electron chi connectivity index (χ2n) is 3.03. The van der Waals surface area contributed by atoms with Crippen molar-refractivity contribution in [1.82, 2.24) is 5.32 Å². The predicted octanol–water partition coefficient (Wildman–Crippen LogP) is 0.330. The summed E-state index contributed by atoms with van der Waals surface area (Å²) < 4.78 is 0. The summed E-state index contributed by atoms with van der Waals surface area (Å²) in [6.45, 7) is -0.264. The Labute approximate surface area is 81.1 Å². The molecule has 2 N–H and O–H groups in total. The maximum atomic E-state index is 11.3. The number of carboxylic acid groups (broad SMARTS) is 1. The summed E-state index contributed by atoms with van der Waals surface area (Å²) in [7, 11) is 0. The Morgan fingerprint density at radius 3 is 2.85 bits per heavy atom. The predicted molar refractivity (Wildman–Crippen MR) is 50.7 cm³/mol. The first kappa shape index (κ1) is 10.4. The molecule has 4 nitrogen and oxygen atoms in total. The second-order valence-corrected chi connectivity index (χ2v) is 4.18. The third-order valence-electron chi connectivity index (χ3n) is 1.94.